The van der Waals surface area contributed by atoms with Gasteiger partial charge in [0.25, 0.3) is 0 Å². The minimum absolute atomic E-state index is 0.284. The SMILES string of the molecule is COc1ccc(/C=C/C(=O)OCc2ccccc2)cc1. The Morgan fingerprint density at radius 2 is 1.75 bits per heavy atom. The van der Waals surface area contributed by atoms with Crippen molar-refractivity contribution in [3.8, 4) is 5.75 Å². The van der Waals surface area contributed by atoms with Crippen LogP contribution in [0.15, 0.2) is 60.7 Å². The number of carbonyl (C=O) groups is 1. The van der Waals surface area contributed by atoms with Crippen molar-refractivity contribution in [2.24, 2.45) is 0 Å². The molecule has 0 aliphatic carbocycles. The Morgan fingerprint density at radius 1 is 1.05 bits per heavy atom. The molecular formula is C17H16O3. The van der Waals surface area contributed by atoms with Crippen LogP contribution in [0.3, 0.4) is 0 Å². The first-order valence-corrected chi connectivity index (χ1v) is 6.31. The highest BCUT2D eigenvalue weighted by molar-refractivity contribution is 5.87. The molecule has 0 atom stereocenters. The molecular weight excluding hydrogens is 252 g/mol. The molecule has 0 saturated carbocycles. The van der Waals surface area contributed by atoms with Crippen molar-refractivity contribution in [1.29, 1.82) is 0 Å². The number of benzene rings is 2. The third-order valence-corrected chi connectivity index (χ3v) is 2.75. The summed E-state index contributed by atoms with van der Waals surface area (Å²) in [6.45, 7) is 0.284. The van der Waals surface area contributed by atoms with E-state index in [1.54, 1.807) is 13.2 Å². The molecule has 0 aliphatic heterocycles. The van der Waals surface area contributed by atoms with Gasteiger partial charge < -0.3 is 9.47 Å². The summed E-state index contributed by atoms with van der Waals surface area (Å²) in [6.07, 6.45) is 3.14. The molecule has 20 heavy (non-hydrogen) atoms. The van der Waals surface area contributed by atoms with E-state index < -0.39 is 0 Å². The zero-order valence-electron chi connectivity index (χ0n) is 11.3. The summed E-state index contributed by atoms with van der Waals surface area (Å²) in [7, 11) is 1.62. The maximum absolute atomic E-state index is 11.6. The fraction of sp³-hybridized carbons (Fsp3) is 0.118. The van der Waals surface area contributed by atoms with Gasteiger partial charge in [-0.2, -0.15) is 0 Å². The summed E-state index contributed by atoms with van der Waals surface area (Å²) < 4.78 is 10.2. The number of hydrogen-bond acceptors (Lipinski definition) is 3. The molecule has 3 heteroatoms. The third kappa shape index (κ3) is 4.28. The monoisotopic (exact) mass is 268 g/mol. The van der Waals surface area contributed by atoms with Gasteiger partial charge in [0, 0.05) is 6.08 Å². The zero-order valence-corrected chi connectivity index (χ0v) is 11.3. The van der Waals surface area contributed by atoms with Crippen molar-refractivity contribution in [2.75, 3.05) is 7.11 Å². The largest absolute Gasteiger partial charge is 0.497 e. The number of rotatable bonds is 5. The summed E-state index contributed by atoms with van der Waals surface area (Å²) in [6, 6.07) is 17.0. The highest BCUT2D eigenvalue weighted by atomic mass is 16.5. The first-order valence-electron chi connectivity index (χ1n) is 6.31. The van der Waals surface area contributed by atoms with Crippen LogP contribution in [0.1, 0.15) is 11.1 Å². The van der Waals surface area contributed by atoms with Gasteiger partial charge in [-0.3, -0.25) is 0 Å². The first-order chi connectivity index (χ1) is 9.78. The predicted octanol–water partition coefficient (Wildman–Crippen LogP) is 3.45. The van der Waals surface area contributed by atoms with Crippen molar-refractivity contribution >= 4 is 12.0 Å². The van der Waals surface area contributed by atoms with Crippen LogP contribution in [-0.4, -0.2) is 13.1 Å². The van der Waals surface area contributed by atoms with Crippen molar-refractivity contribution < 1.29 is 14.3 Å². The van der Waals surface area contributed by atoms with Gasteiger partial charge in [0.1, 0.15) is 12.4 Å². The molecule has 0 N–H and O–H groups in total. The molecule has 2 aromatic rings. The normalized spacial score (nSPS) is 10.4. The molecule has 0 aromatic heterocycles. The topological polar surface area (TPSA) is 35.5 Å². The van der Waals surface area contributed by atoms with Crippen molar-refractivity contribution in [1.82, 2.24) is 0 Å². The minimum Gasteiger partial charge on any atom is -0.497 e. The molecule has 0 bridgehead atoms. The molecule has 102 valence electrons. The second kappa shape index (κ2) is 7.14. The molecule has 0 unspecified atom stereocenters. The molecule has 0 saturated heterocycles. The van der Waals surface area contributed by atoms with Crippen LogP contribution in [0.2, 0.25) is 0 Å². The Kier molecular flexibility index (Phi) is 4.95. The van der Waals surface area contributed by atoms with Gasteiger partial charge in [0.15, 0.2) is 0 Å². The molecule has 2 rings (SSSR count). The van der Waals surface area contributed by atoms with E-state index in [0.717, 1.165) is 16.9 Å². The first kappa shape index (κ1) is 13.9. The Bertz CT molecular complexity index is 571. The van der Waals surface area contributed by atoms with Crippen molar-refractivity contribution in [3.63, 3.8) is 0 Å². The van der Waals surface area contributed by atoms with Gasteiger partial charge in [0.2, 0.25) is 0 Å². The molecule has 0 spiro atoms. The van der Waals surface area contributed by atoms with Crippen LogP contribution in [0.25, 0.3) is 6.08 Å². The van der Waals surface area contributed by atoms with Crippen LogP contribution in [0, 0.1) is 0 Å². The Morgan fingerprint density at radius 3 is 2.40 bits per heavy atom. The number of ether oxygens (including phenoxy) is 2. The van der Waals surface area contributed by atoms with Gasteiger partial charge in [-0.25, -0.2) is 4.79 Å². The van der Waals surface area contributed by atoms with Crippen molar-refractivity contribution in [2.45, 2.75) is 6.61 Å². The number of hydrogen-bond donors (Lipinski definition) is 0. The smallest absolute Gasteiger partial charge is 0.331 e. The summed E-state index contributed by atoms with van der Waals surface area (Å²) in [4.78, 5) is 11.6. The van der Waals surface area contributed by atoms with Crippen LogP contribution in [0.4, 0.5) is 0 Å². The molecule has 0 amide bonds. The number of carbonyl (C=O) groups excluding carboxylic acids is 1. The van der Waals surface area contributed by atoms with Gasteiger partial charge in [0.05, 0.1) is 7.11 Å². The molecule has 2 aromatic carbocycles. The molecule has 0 heterocycles. The van der Waals surface area contributed by atoms with E-state index in [-0.39, 0.29) is 12.6 Å². The van der Waals surface area contributed by atoms with Crippen LogP contribution in [0.5, 0.6) is 5.75 Å². The quantitative estimate of drug-likeness (QED) is 0.615. The van der Waals surface area contributed by atoms with E-state index in [1.807, 2.05) is 54.6 Å². The van der Waals surface area contributed by atoms with E-state index >= 15 is 0 Å². The highest BCUT2D eigenvalue weighted by Gasteiger charge is 1.98. The second-order valence-corrected chi connectivity index (χ2v) is 4.20. The fourth-order valence-corrected chi connectivity index (χ4v) is 1.66. The maximum Gasteiger partial charge on any atom is 0.331 e. The van der Waals surface area contributed by atoms with Crippen LogP contribution < -0.4 is 4.74 Å². The summed E-state index contributed by atoms with van der Waals surface area (Å²) >= 11 is 0. The standard InChI is InChI=1S/C17H16O3/c1-19-16-10-7-14(8-11-16)9-12-17(18)20-13-15-5-3-2-4-6-15/h2-12H,13H2,1H3/b12-9+. The fourth-order valence-electron chi connectivity index (χ4n) is 1.66. The zero-order chi connectivity index (χ0) is 14.2. The summed E-state index contributed by atoms with van der Waals surface area (Å²) in [5, 5.41) is 0. The van der Waals surface area contributed by atoms with Gasteiger partial charge in [-0.15, -0.1) is 0 Å². The highest BCUT2D eigenvalue weighted by Crippen LogP contribution is 2.12. The molecule has 0 radical (unpaired) electrons. The van der Waals surface area contributed by atoms with Crippen LogP contribution in [-0.2, 0) is 16.1 Å². The van der Waals surface area contributed by atoms with Gasteiger partial charge in [-0.05, 0) is 29.3 Å². The number of esters is 1. The number of methoxy groups -OCH3 is 1. The van der Waals surface area contributed by atoms with E-state index in [0.29, 0.717) is 0 Å². The Labute approximate surface area is 118 Å². The lowest BCUT2D eigenvalue weighted by molar-refractivity contribution is -0.138. The van der Waals surface area contributed by atoms with E-state index in [9.17, 15) is 4.79 Å². The molecule has 0 fully saturated rings. The second-order valence-electron chi connectivity index (χ2n) is 4.20. The van der Waals surface area contributed by atoms with Gasteiger partial charge >= 0.3 is 5.97 Å². The summed E-state index contributed by atoms with van der Waals surface area (Å²) in [5.41, 5.74) is 1.89. The maximum atomic E-state index is 11.6. The van der Waals surface area contributed by atoms with Crippen LogP contribution >= 0.6 is 0 Å². The molecule has 3 nitrogen and oxygen atoms in total. The third-order valence-electron chi connectivity index (χ3n) is 2.75. The predicted molar refractivity (Wildman–Crippen MR) is 78.3 cm³/mol. The average Bonchev–Trinajstić information content (AvgIpc) is 2.52. The lowest BCUT2D eigenvalue weighted by Crippen LogP contribution is -2.00. The average molecular weight is 268 g/mol. The lowest BCUT2D eigenvalue weighted by atomic mass is 10.2. The van der Waals surface area contributed by atoms with Crippen molar-refractivity contribution in [3.05, 3.63) is 71.8 Å². The minimum atomic E-state index is -0.357. The lowest BCUT2D eigenvalue weighted by Gasteiger charge is -2.02. The molecule has 0 aliphatic rings. The van der Waals surface area contributed by atoms with E-state index in [4.69, 9.17) is 9.47 Å². The Hall–Kier alpha value is -2.55. The Balaban J connectivity index is 1.85. The summed E-state index contributed by atoms with van der Waals surface area (Å²) in [5.74, 6) is 0.429. The van der Waals surface area contributed by atoms with E-state index in [1.165, 1.54) is 6.08 Å². The van der Waals surface area contributed by atoms with E-state index in [2.05, 4.69) is 0 Å². The van der Waals surface area contributed by atoms with Gasteiger partial charge in [-0.1, -0.05) is 42.5 Å².